The average Bonchev–Trinajstić information content (AvgIpc) is 2.57. The minimum atomic E-state index is -4.59. The van der Waals surface area contributed by atoms with E-state index < -0.39 is 46.6 Å². The molecule has 0 aromatic heterocycles. The van der Waals surface area contributed by atoms with Gasteiger partial charge in [0.05, 0.1) is 45.5 Å². The molecule has 0 saturated carbocycles. The Hall–Kier alpha value is -1.98. The molecule has 2 unspecified atom stereocenters. The van der Waals surface area contributed by atoms with Crippen molar-refractivity contribution in [3.8, 4) is 0 Å². The third kappa shape index (κ3) is 8.41. The van der Waals surface area contributed by atoms with Gasteiger partial charge in [0.25, 0.3) is 0 Å². The molecule has 0 amide bonds. The van der Waals surface area contributed by atoms with Gasteiger partial charge in [-0.05, 0) is 18.3 Å². The minimum absolute atomic E-state index is 0.0801. The number of carbonyl (C=O) groups is 3. The second-order valence-electron chi connectivity index (χ2n) is 5.58. The molecule has 150 valence electrons. The number of carbonyl (C=O) groups excluding carboxylic acids is 3. The summed E-state index contributed by atoms with van der Waals surface area (Å²) < 4.78 is 48.0. The van der Waals surface area contributed by atoms with Gasteiger partial charge in [0.1, 0.15) is 0 Å². The lowest BCUT2D eigenvalue weighted by molar-refractivity contribution is -0.143. The fourth-order valence-corrected chi connectivity index (χ4v) is 2.74. The average molecular weight is 396 g/mol. The maximum atomic E-state index is 12.2. The number of ether oxygens (including phenoxy) is 3. The molecule has 0 aromatic carbocycles. The van der Waals surface area contributed by atoms with Crippen molar-refractivity contribution in [2.24, 2.45) is 11.8 Å². The highest BCUT2D eigenvalue weighted by Crippen LogP contribution is 2.27. The van der Waals surface area contributed by atoms with E-state index in [0.29, 0.717) is 0 Å². The summed E-state index contributed by atoms with van der Waals surface area (Å²) in [4.78, 5) is 35.8. The summed E-state index contributed by atoms with van der Waals surface area (Å²) in [6, 6.07) is 0. The van der Waals surface area contributed by atoms with Crippen LogP contribution in [0.4, 0.5) is 0 Å². The molecule has 0 aliphatic rings. The van der Waals surface area contributed by atoms with Crippen LogP contribution in [0.25, 0.3) is 0 Å². The first-order chi connectivity index (χ1) is 12.0. The zero-order valence-electron chi connectivity index (χ0n) is 15.3. The van der Waals surface area contributed by atoms with Gasteiger partial charge in [0.15, 0.2) is 0 Å². The topological polar surface area (TPSA) is 142 Å². The molecule has 0 aromatic rings. The summed E-state index contributed by atoms with van der Waals surface area (Å²) in [7, 11) is -1.24. The van der Waals surface area contributed by atoms with Crippen LogP contribution < -0.4 is 0 Å². The van der Waals surface area contributed by atoms with Crippen molar-refractivity contribution in [3.63, 3.8) is 0 Å². The lowest BCUT2D eigenvalue weighted by atomic mass is 9.87. The summed E-state index contributed by atoms with van der Waals surface area (Å²) >= 11 is 0. The quantitative estimate of drug-likeness (QED) is 0.242. The molecule has 2 atom stereocenters. The standard InChI is InChI=1S/C15H24O10S/c1-9(8-25-26(19,20)21)6-10(2)13(15(18)24-5)11(14(17)23-4)7-12(16)22-3/h9-10H,6-8H2,1-5H3,(H,19,20,21)/b13-11-. The summed E-state index contributed by atoms with van der Waals surface area (Å²) in [6.45, 7) is 2.88. The van der Waals surface area contributed by atoms with Crippen molar-refractivity contribution in [2.75, 3.05) is 27.9 Å². The molecule has 0 aliphatic carbocycles. The first-order valence-electron chi connectivity index (χ1n) is 7.55. The molecule has 0 fully saturated rings. The summed E-state index contributed by atoms with van der Waals surface area (Å²) in [6.07, 6.45) is -0.296. The Labute approximate surface area is 152 Å². The Bertz CT molecular complexity index is 649. The smallest absolute Gasteiger partial charge is 0.397 e. The first kappa shape index (κ1) is 24.0. The fourth-order valence-electron chi connectivity index (χ4n) is 2.34. The van der Waals surface area contributed by atoms with Crippen molar-refractivity contribution in [2.45, 2.75) is 26.7 Å². The van der Waals surface area contributed by atoms with Crippen LogP contribution in [0.1, 0.15) is 26.7 Å². The van der Waals surface area contributed by atoms with Crippen LogP contribution in [-0.2, 0) is 43.2 Å². The largest absolute Gasteiger partial charge is 0.469 e. The number of methoxy groups -OCH3 is 3. The van der Waals surface area contributed by atoms with E-state index >= 15 is 0 Å². The predicted molar refractivity (Wildman–Crippen MR) is 88.1 cm³/mol. The normalized spacial score (nSPS) is 14.7. The molecule has 0 bridgehead atoms. The van der Waals surface area contributed by atoms with Crippen LogP contribution in [0.2, 0.25) is 0 Å². The number of rotatable bonds is 10. The summed E-state index contributed by atoms with van der Waals surface area (Å²) in [5.74, 6) is -3.49. The van der Waals surface area contributed by atoms with Gasteiger partial charge in [-0.2, -0.15) is 8.42 Å². The zero-order valence-corrected chi connectivity index (χ0v) is 16.1. The molecular formula is C15H24O10S. The Balaban J connectivity index is 5.68. The Morgan fingerprint density at radius 1 is 0.962 bits per heavy atom. The van der Waals surface area contributed by atoms with Gasteiger partial charge in [-0.25, -0.2) is 13.8 Å². The van der Waals surface area contributed by atoms with Gasteiger partial charge in [-0.1, -0.05) is 13.8 Å². The molecule has 0 radical (unpaired) electrons. The molecule has 0 rings (SSSR count). The number of esters is 3. The molecular weight excluding hydrogens is 372 g/mol. The van der Waals surface area contributed by atoms with Gasteiger partial charge >= 0.3 is 28.3 Å². The maximum Gasteiger partial charge on any atom is 0.397 e. The van der Waals surface area contributed by atoms with Crippen molar-refractivity contribution in [1.29, 1.82) is 0 Å². The third-order valence-corrected chi connectivity index (χ3v) is 3.90. The van der Waals surface area contributed by atoms with E-state index in [1.54, 1.807) is 13.8 Å². The second-order valence-corrected chi connectivity index (χ2v) is 6.67. The first-order valence-corrected chi connectivity index (χ1v) is 8.91. The third-order valence-electron chi connectivity index (χ3n) is 3.46. The van der Waals surface area contributed by atoms with Crippen LogP contribution in [0.3, 0.4) is 0 Å². The van der Waals surface area contributed by atoms with E-state index in [0.717, 1.165) is 21.3 Å². The molecule has 0 heterocycles. The summed E-state index contributed by atoms with van der Waals surface area (Å²) in [5, 5.41) is 0. The van der Waals surface area contributed by atoms with E-state index in [2.05, 4.69) is 13.7 Å². The minimum Gasteiger partial charge on any atom is -0.469 e. The van der Waals surface area contributed by atoms with Crippen molar-refractivity contribution < 1.29 is 45.7 Å². The van der Waals surface area contributed by atoms with Crippen LogP contribution in [0.15, 0.2) is 11.1 Å². The van der Waals surface area contributed by atoms with Crippen molar-refractivity contribution in [3.05, 3.63) is 11.1 Å². The van der Waals surface area contributed by atoms with Crippen LogP contribution >= 0.6 is 0 Å². The zero-order chi connectivity index (χ0) is 20.5. The molecule has 11 heteroatoms. The highest BCUT2D eigenvalue weighted by molar-refractivity contribution is 7.80. The van der Waals surface area contributed by atoms with Crippen LogP contribution in [0.5, 0.6) is 0 Å². The molecule has 0 aliphatic heterocycles. The monoisotopic (exact) mass is 396 g/mol. The number of hydrogen-bond acceptors (Lipinski definition) is 9. The fraction of sp³-hybridized carbons (Fsp3) is 0.667. The maximum absolute atomic E-state index is 12.2. The van der Waals surface area contributed by atoms with Crippen LogP contribution in [-0.4, -0.2) is 58.8 Å². The van der Waals surface area contributed by atoms with Gasteiger partial charge < -0.3 is 14.2 Å². The van der Waals surface area contributed by atoms with Crippen molar-refractivity contribution in [1.82, 2.24) is 0 Å². The highest BCUT2D eigenvalue weighted by atomic mass is 32.3. The molecule has 0 saturated heterocycles. The lowest BCUT2D eigenvalue weighted by Gasteiger charge is -2.21. The van der Waals surface area contributed by atoms with E-state index in [1.807, 2.05) is 0 Å². The van der Waals surface area contributed by atoms with E-state index in [-0.39, 0.29) is 24.2 Å². The Morgan fingerprint density at radius 2 is 1.50 bits per heavy atom. The second kappa shape index (κ2) is 10.9. The molecule has 1 N–H and O–H groups in total. The number of hydrogen-bond donors (Lipinski definition) is 1. The summed E-state index contributed by atoms with van der Waals surface area (Å²) in [5.41, 5.74) is -0.287. The molecule has 26 heavy (non-hydrogen) atoms. The predicted octanol–water partition coefficient (Wildman–Crippen LogP) is 0.674. The highest BCUT2D eigenvalue weighted by Gasteiger charge is 2.30. The van der Waals surface area contributed by atoms with Gasteiger partial charge in [-0.15, -0.1) is 0 Å². The van der Waals surface area contributed by atoms with E-state index in [1.165, 1.54) is 0 Å². The Morgan fingerprint density at radius 3 is 1.92 bits per heavy atom. The lowest BCUT2D eigenvalue weighted by Crippen LogP contribution is -2.24. The van der Waals surface area contributed by atoms with Crippen molar-refractivity contribution >= 4 is 28.3 Å². The van der Waals surface area contributed by atoms with E-state index in [4.69, 9.17) is 9.29 Å². The van der Waals surface area contributed by atoms with Gasteiger partial charge in [0, 0.05) is 0 Å². The SMILES string of the molecule is COC(=O)C/C(C(=O)OC)=C(/C(=O)OC)C(C)CC(C)COS(=O)(=O)O. The van der Waals surface area contributed by atoms with Gasteiger partial charge in [-0.3, -0.25) is 9.35 Å². The van der Waals surface area contributed by atoms with Gasteiger partial charge in [0.2, 0.25) is 0 Å². The van der Waals surface area contributed by atoms with E-state index in [9.17, 15) is 22.8 Å². The molecule has 10 nitrogen and oxygen atoms in total. The Kier molecular flexibility index (Phi) is 10.1. The molecule has 0 spiro atoms. The van der Waals surface area contributed by atoms with Crippen LogP contribution in [0, 0.1) is 11.8 Å².